The second-order valence-electron chi connectivity index (χ2n) is 7.77. The van der Waals surface area contributed by atoms with Crippen molar-refractivity contribution in [3.63, 3.8) is 0 Å². The van der Waals surface area contributed by atoms with Crippen molar-refractivity contribution in [3.05, 3.63) is 106 Å². The second kappa shape index (κ2) is 9.11. The van der Waals surface area contributed by atoms with Crippen LogP contribution in [0.3, 0.4) is 0 Å². The van der Waals surface area contributed by atoms with Gasteiger partial charge in [-0.1, -0.05) is 41.7 Å². The maximum Gasteiger partial charge on any atom is 0.301 e. The molecule has 3 aromatic carbocycles. The summed E-state index contributed by atoms with van der Waals surface area (Å²) >= 11 is 1.15. The average molecular weight is 488 g/mol. The van der Waals surface area contributed by atoms with Crippen molar-refractivity contribution in [2.45, 2.75) is 13.0 Å². The molecule has 9 heteroatoms. The van der Waals surface area contributed by atoms with E-state index in [-0.39, 0.29) is 16.3 Å². The molecule has 1 amide bonds. The van der Waals surface area contributed by atoms with Crippen LogP contribution in [0.15, 0.2) is 84.4 Å². The second-order valence-corrected chi connectivity index (χ2v) is 8.93. The van der Waals surface area contributed by atoms with Crippen molar-refractivity contribution in [1.29, 1.82) is 0 Å². The van der Waals surface area contributed by atoms with Crippen molar-refractivity contribution >= 4 is 33.9 Å². The molecule has 1 aliphatic heterocycles. The number of carbonyl (C=O) groups is 2. The Kier molecular flexibility index (Phi) is 5.84. The van der Waals surface area contributed by atoms with Crippen LogP contribution < -0.4 is 9.64 Å². The van der Waals surface area contributed by atoms with Gasteiger partial charge in [0.25, 0.3) is 5.78 Å². The molecule has 174 valence electrons. The predicted octanol–water partition coefficient (Wildman–Crippen LogP) is 5.40. The minimum atomic E-state index is -0.994. The van der Waals surface area contributed by atoms with E-state index in [0.717, 1.165) is 11.3 Å². The number of aryl methyl sites for hydroxylation is 1. The Morgan fingerprint density at radius 2 is 1.69 bits per heavy atom. The molecule has 1 fully saturated rings. The van der Waals surface area contributed by atoms with Gasteiger partial charge in [-0.05, 0) is 61.0 Å². The first-order valence-corrected chi connectivity index (χ1v) is 11.4. The average Bonchev–Trinajstić information content (AvgIpc) is 3.40. The molecule has 0 unspecified atom stereocenters. The largest absolute Gasteiger partial charge is 0.507 e. The number of hydrogen-bond donors (Lipinski definition) is 1. The number of hydrogen-bond acceptors (Lipinski definition) is 7. The molecule has 2 heterocycles. The highest BCUT2D eigenvalue weighted by atomic mass is 32.1. The third kappa shape index (κ3) is 4.29. The van der Waals surface area contributed by atoms with Crippen LogP contribution in [0.2, 0.25) is 0 Å². The number of benzene rings is 3. The summed E-state index contributed by atoms with van der Waals surface area (Å²) < 4.78 is 19.4. The molecule has 4 aromatic rings. The van der Waals surface area contributed by atoms with Gasteiger partial charge in [0.05, 0.1) is 11.6 Å². The fraction of sp³-hybridized carbons (Fsp3) is 0.0769. The summed E-state index contributed by atoms with van der Waals surface area (Å²) in [6.07, 6.45) is 0. The van der Waals surface area contributed by atoms with Gasteiger partial charge in [-0.2, -0.15) is 0 Å². The molecule has 7 nitrogen and oxygen atoms in total. The lowest BCUT2D eigenvalue weighted by Gasteiger charge is -2.23. The minimum absolute atomic E-state index is 0.133. The van der Waals surface area contributed by atoms with E-state index in [1.807, 2.05) is 18.2 Å². The molecule has 0 saturated carbocycles. The number of halogens is 1. The maximum atomic E-state index is 13.5. The number of carbonyl (C=O) groups excluding carboxylic acids is 2. The van der Waals surface area contributed by atoms with E-state index in [2.05, 4.69) is 10.2 Å². The summed E-state index contributed by atoms with van der Waals surface area (Å²) in [6.45, 7) is 1.74. The summed E-state index contributed by atoms with van der Waals surface area (Å²) in [5.41, 5.74) is 0.597. The van der Waals surface area contributed by atoms with Crippen LogP contribution in [0, 0.1) is 12.7 Å². The van der Waals surface area contributed by atoms with Crippen molar-refractivity contribution in [1.82, 2.24) is 10.2 Å². The number of aromatic nitrogens is 2. The molecule has 1 atom stereocenters. The van der Waals surface area contributed by atoms with Crippen molar-refractivity contribution < 1.29 is 23.8 Å². The number of aliphatic hydroxyl groups is 1. The van der Waals surface area contributed by atoms with Crippen LogP contribution in [0.4, 0.5) is 9.52 Å². The molecule has 0 bridgehead atoms. The molecule has 1 saturated heterocycles. The molecule has 0 radical (unpaired) electrons. The summed E-state index contributed by atoms with van der Waals surface area (Å²) in [5, 5.41) is 20.0. The van der Waals surface area contributed by atoms with E-state index in [9.17, 15) is 19.1 Å². The summed E-state index contributed by atoms with van der Waals surface area (Å²) in [6, 6.07) is 20.1. The van der Waals surface area contributed by atoms with Crippen LogP contribution in [0.25, 0.3) is 5.76 Å². The number of amides is 1. The van der Waals surface area contributed by atoms with Gasteiger partial charge in [-0.25, -0.2) is 4.39 Å². The number of nitrogens with zero attached hydrogens (tertiary/aromatic N) is 3. The van der Waals surface area contributed by atoms with Crippen LogP contribution in [0.1, 0.15) is 22.2 Å². The first-order valence-electron chi connectivity index (χ1n) is 10.6. The predicted molar refractivity (Wildman–Crippen MR) is 129 cm³/mol. The smallest absolute Gasteiger partial charge is 0.301 e. The zero-order chi connectivity index (χ0) is 24.5. The number of aliphatic hydroxyl groups excluding tert-OH is 1. The van der Waals surface area contributed by atoms with Crippen molar-refractivity contribution in [3.8, 4) is 11.5 Å². The first kappa shape index (κ1) is 22.4. The van der Waals surface area contributed by atoms with Gasteiger partial charge in [0.1, 0.15) is 28.1 Å². The number of Topliss-reactive ketones (excluding diaryl/α,β-unsaturated/α-hetero) is 1. The molecule has 0 spiro atoms. The van der Waals surface area contributed by atoms with E-state index in [1.54, 1.807) is 43.3 Å². The zero-order valence-corrected chi connectivity index (χ0v) is 19.2. The first-order chi connectivity index (χ1) is 16.9. The van der Waals surface area contributed by atoms with Crippen molar-refractivity contribution in [2.24, 2.45) is 0 Å². The molecular formula is C26H18FN3O4S. The standard InChI is InChI=1S/C26H18FN3O4S/c1-15-28-29-26(35-15)30-22(17-6-5-9-20(14-17)34-19-7-3-2-4-8-19)21(24(32)25(30)33)23(31)16-10-12-18(27)13-11-16/h2-14,22,31H,1H3/t22-/m0/s1. The molecule has 1 aromatic heterocycles. The van der Waals surface area contributed by atoms with Gasteiger partial charge in [0.2, 0.25) is 5.13 Å². The fourth-order valence-corrected chi connectivity index (χ4v) is 4.58. The van der Waals surface area contributed by atoms with E-state index in [1.165, 1.54) is 29.2 Å². The van der Waals surface area contributed by atoms with Crippen LogP contribution >= 0.6 is 11.3 Å². The maximum absolute atomic E-state index is 13.5. The lowest BCUT2D eigenvalue weighted by atomic mass is 9.95. The van der Waals surface area contributed by atoms with E-state index >= 15 is 0 Å². The zero-order valence-electron chi connectivity index (χ0n) is 18.4. The quantitative estimate of drug-likeness (QED) is 0.230. The van der Waals surface area contributed by atoms with Crippen molar-refractivity contribution in [2.75, 3.05) is 4.90 Å². The van der Waals surface area contributed by atoms with E-state index in [0.29, 0.717) is 22.1 Å². The summed E-state index contributed by atoms with van der Waals surface area (Å²) in [5.74, 6) is -1.53. The molecule has 0 aliphatic carbocycles. The van der Waals surface area contributed by atoms with Gasteiger partial charge in [0, 0.05) is 5.56 Å². The van der Waals surface area contributed by atoms with Gasteiger partial charge in [0.15, 0.2) is 0 Å². The van der Waals surface area contributed by atoms with E-state index in [4.69, 9.17) is 4.74 Å². The Bertz CT molecular complexity index is 1450. The minimum Gasteiger partial charge on any atom is -0.507 e. The van der Waals surface area contributed by atoms with Crippen LogP contribution in [0.5, 0.6) is 11.5 Å². The lowest BCUT2D eigenvalue weighted by Crippen LogP contribution is -2.29. The molecular weight excluding hydrogens is 469 g/mol. The Balaban J connectivity index is 1.65. The molecule has 1 N–H and O–H groups in total. The summed E-state index contributed by atoms with van der Waals surface area (Å²) in [7, 11) is 0. The number of para-hydroxylation sites is 1. The number of anilines is 1. The van der Waals surface area contributed by atoms with E-state index < -0.39 is 29.3 Å². The Labute approximate surface area is 203 Å². The monoisotopic (exact) mass is 487 g/mol. The number of ketones is 1. The molecule has 5 rings (SSSR count). The Morgan fingerprint density at radius 1 is 0.971 bits per heavy atom. The topological polar surface area (TPSA) is 92.6 Å². The molecule has 1 aliphatic rings. The molecule has 35 heavy (non-hydrogen) atoms. The van der Waals surface area contributed by atoms with Gasteiger partial charge in [-0.15, -0.1) is 10.2 Å². The van der Waals surface area contributed by atoms with Crippen LogP contribution in [-0.4, -0.2) is 27.0 Å². The summed E-state index contributed by atoms with van der Waals surface area (Å²) in [4.78, 5) is 27.6. The highest BCUT2D eigenvalue weighted by Crippen LogP contribution is 2.43. The number of ether oxygens (including phenoxy) is 1. The van der Waals surface area contributed by atoms with Gasteiger partial charge < -0.3 is 9.84 Å². The normalized spacial score (nSPS) is 17.1. The number of rotatable bonds is 5. The third-order valence-corrected chi connectivity index (χ3v) is 6.27. The SMILES string of the molecule is Cc1nnc(N2C(=O)C(=O)C(=C(O)c3ccc(F)cc3)[C@@H]2c2cccc(Oc3ccccc3)c2)s1. The fourth-order valence-electron chi connectivity index (χ4n) is 3.86. The van der Waals surface area contributed by atoms with Crippen LogP contribution in [-0.2, 0) is 9.59 Å². The highest BCUT2D eigenvalue weighted by molar-refractivity contribution is 7.15. The Hall–Kier alpha value is -4.37. The van der Waals surface area contributed by atoms with Gasteiger partial charge >= 0.3 is 5.91 Å². The lowest BCUT2D eigenvalue weighted by molar-refractivity contribution is -0.132. The highest BCUT2D eigenvalue weighted by Gasteiger charge is 2.48. The Morgan fingerprint density at radius 3 is 2.37 bits per heavy atom. The third-order valence-electron chi connectivity index (χ3n) is 5.44. The van der Waals surface area contributed by atoms with Gasteiger partial charge in [-0.3, -0.25) is 14.5 Å².